The van der Waals surface area contributed by atoms with Crippen LogP contribution >= 0.6 is 11.3 Å². The van der Waals surface area contributed by atoms with Crippen LogP contribution in [0.5, 0.6) is 0 Å². The van der Waals surface area contributed by atoms with E-state index in [9.17, 15) is 9.59 Å². The first kappa shape index (κ1) is 15.0. The molecule has 110 valence electrons. The lowest BCUT2D eigenvalue weighted by molar-refractivity contribution is -0.122. The molecule has 1 fully saturated rings. The van der Waals surface area contributed by atoms with E-state index in [4.69, 9.17) is 5.11 Å². The highest BCUT2D eigenvalue weighted by molar-refractivity contribution is 7.12. The molecule has 0 spiro atoms. The van der Waals surface area contributed by atoms with Gasteiger partial charge in [0.05, 0.1) is 11.4 Å². The van der Waals surface area contributed by atoms with E-state index in [2.05, 4.69) is 5.32 Å². The summed E-state index contributed by atoms with van der Waals surface area (Å²) >= 11 is 1.37. The van der Waals surface area contributed by atoms with Crippen LogP contribution in [0.1, 0.15) is 28.9 Å². The van der Waals surface area contributed by atoms with Crippen LogP contribution < -0.4 is 5.32 Å². The molecule has 0 bridgehead atoms. The summed E-state index contributed by atoms with van der Waals surface area (Å²) in [7, 11) is 1.62. The Morgan fingerprint density at radius 2 is 2.30 bits per heavy atom. The lowest BCUT2D eigenvalue weighted by Crippen LogP contribution is -2.43. The summed E-state index contributed by atoms with van der Waals surface area (Å²) in [6.45, 7) is 0.122. The lowest BCUT2D eigenvalue weighted by atomic mass is 10.1. The molecule has 1 heterocycles. The number of aliphatic hydroxyl groups is 1. The number of thiophene rings is 1. The van der Waals surface area contributed by atoms with Crippen LogP contribution in [0.15, 0.2) is 17.5 Å². The van der Waals surface area contributed by atoms with E-state index >= 15 is 0 Å². The summed E-state index contributed by atoms with van der Waals surface area (Å²) in [6.07, 6.45) is 2.79. The first-order chi connectivity index (χ1) is 9.61. The smallest absolute Gasteiger partial charge is 0.264 e. The minimum Gasteiger partial charge on any atom is -0.396 e. The van der Waals surface area contributed by atoms with E-state index < -0.39 is 0 Å². The number of carbonyl (C=O) groups is 2. The molecular formula is C14H20N2O3S. The van der Waals surface area contributed by atoms with Gasteiger partial charge in [0.1, 0.15) is 0 Å². The standard InChI is InChI=1S/C14H20N2O3S/c1-16(14(19)12-3-2-8-20-12)9-13(18)15-11(6-7-17)10-4-5-10/h2-3,8,10-11,17H,4-7,9H2,1H3,(H,15,18). The number of amides is 2. The molecule has 2 N–H and O–H groups in total. The van der Waals surface area contributed by atoms with Crippen LogP contribution in [0.2, 0.25) is 0 Å². The van der Waals surface area contributed by atoms with Crippen LogP contribution in [0.3, 0.4) is 0 Å². The number of hydrogen-bond donors (Lipinski definition) is 2. The van der Waals surface area contributed by atoms with E-state index in [0.717, 1.165) is 12.8 Å². The summed E-state index contributed by atoms with van der Waals surface area (Å²) < 4.78 is 0. The van der Waals surface area contributed by atoms with E-state index in [1.807, 2.05) is 11.4 Å². The van der Waals surface area contributed by atoms with Gasteiger partial charge in [0, 0.05) is 19.7 Å². The molecule has 6 heteroatoms. The molecule has 1 aromatic rings. The Bertz CT molecular complexity index is 457. The van der Waals surface area contributed by atoms with Crippen molar-refractivity contribution in [2.24, 2.45) is 5.92 Å². The highest BCUT2D eigenvalue weighted by Gasteiger charge is 2.32. The summed E-state index contributed by atoms with van der Waals surface area (Å²) in [5, 5.41) is 13.8. The molecule has 2 amide bonds. The first-order valence-electron chi connectivity index (χ1n) is 6.81. The number of carbonyl (C=O) groups excluding carboxylic acids is 2. The van der Waals surface area contributed by atoms with E-state index in [1.54, 1.807) is 13.1 Å². The normalized spacial score (nSPS) is 15.7. The fourth-order valence-electron chi connectivity index (χ4n) is 2.19. The monoisotopic (exact) mass is 296 g/mol. The lowest BCUT2D eigenvalue weighted by Gasteiger charge is -2.20. The zero-order valence-electron chi connectivity index (χ0n) is 11.5. The quantitative estimate of drug-likeness (QED) is 0.791. The van der Waals surface area contributed by atoms with Crippen molar-refractivity contribution in [3.63, 3.8) is 0 Å². The Morgan fingerprint density at radius 1 is 1.55 bits per heavy atom. The zero-order chi connectivity index (χ0) is 14.5. The molecule has 0 aromatic carbocycles. The van der Waals surface area contributed by atoms with Crippen molar-refractivity contribution in [1.29, 1.82) is 0 Å². The van der Waals surface area contributed by atoms with Crippen LogP contribution in [-0.2, 0) is 4.79 Å². The fraction of sp³-hybridized carbons (Fsp3) is 0.571. The Hall–Kier alpha value is -1.40. The first-order valence-corrected chi connectivity index (χ1v) is 7.69. The van der Waals surface area contributed by atoms with Gasteiger partial charge in [0.25, 0.3) is 5.91 Å². The number of nitrogens with one attached hydrogen (secondary N) is 1. The Labute approximate surface area is 122 Å². The maximum Gasteiger partial charge on any atom is 0.264 e. The molecule has 1 aliphatic carbocycles. The van der Waals surface area contributed by atoms with Crippen LogP contribution in [0, 0.1) is 5.92 Å². The van der Waals surface area contributed by atoms with Gasteiger partial charge in [-0.1, -0.05) is 6.07 Å². The minimum absolute atomic E-state index is 0.0396. The highest BCUT2D eigenvalue weighted by atomic mass is 32.1. The maximum absolute atomic E-state index is 12.0. The minimum atomic E-state index is -0.164. The third-order valence-corrected chi connectivity index (χ3v) is 4.29. The number of hydrogen-bond acceptors (Lipinski definition) is 4. The van der Waals surface area contributed by atoms with Crippen molar-refractivity contribution in [3.05, 3.63) is 22.4 Å². The summed E-state index contributed by atoms with van der Waals surface area (Å²) in [6, 6.07) is 3.61. The van der Waals surface area contributed by atoms with E-state index in [-0.39, 0.29) is 31.0 Å². The van der Waals surface area contributed by atoms with Crippen molar-refractivity contribution >= 4 is 23.2 Å². The number of likely N-dealkylation sites (N-methyl/N-ethyl adjacent to an activating group) is 1. The fourth-order valence-corrected chi connectivity index (χ4v) is 2.91. The third-order valence-electron chi connectivity index (χ3n) is 3.44. The van der Waals surface area contributed by atoms with Gasteiger partial charge in [-0.3, -0.25) is 9.59 Å². The summed E-state index contributed by atoms with van der Waals surface area (Å²) in [4.78, 5) is 26.0. The summed E-state index contributed by atoms with van der Waals surface area (Å²) in [5.74, 6) is 0.187. The topological polar surface area (TPSA) is 69.6 Å². The van der Waals surface area contributed by atoms with E-state index in [1.165, 1.54) is 16.2 Å². The predicted octanol–water partition coefficient (Wildman–Crippen LogP) is 1.10. The molecule has 0 radical (unpaired) electrons. The second kappa shape index (κ2) is 6.85. The number of aliphatic hydroxyl groups excluding tert-OH is 1. The highest BCUT2D eigenvalue weighted by Crippen LogP contribution is 2.33. The molecule has 2 rings (SSSR count). The molecule has 5 nitrogen and oxygen atoms in total. The SMILES string of the molecule is CN(CC(=O)NC(CCO)C1CC1)C(=O)c1cccs1. The number of nitrogens with zero attached hydrogens (tertiary/aromatic N) is 1. The maximum atomic E-state index is 12.0. The molecule has 1 aliphatic rings. The van der Waals surface area contributed by atoms with E-state index in [0.29, 0.717) is 17.2 Å². The van der Waals surface area contributed by atoms with Crippen molar-refractivity contribution in [2.45, 2.75) is 25.3 Å². The van der Waals surface area contributed by atoms with Gasteiger partial charge in [-0.2, -0.15) is 0 Å². The molecule has 0 aliphatic heterocycles. The average molecular weight is 296 g/mol. The predicted molar refractivity (Wildman–Crippen MR) is 77.6 cm³/mol. The molecule has 0 saturated heterocycles. The van der Waals surface area contributed by atoms with Crippen LogP contribution in [-0.4, -0.2) is 48.1 Å². The van der Waals surface area contributed by atoms with Gasteiger partial charge in [-0.05, 0) is 36.6 Å². The Kier molecular flexibility index (Phi) is 5.14. The second-order valence-corrected chi connectivity index (χ2v) is 6.11. The zero-order valence-corrected chi connectivity index (χ0v) is 12.4. The molecule has 20 heavy (non-hydrogen) atoms. The van der Waals surface area contributed by atoms with Crippen molar-refractivity contribution in [2.75, 3.05) is 20.2 Å². The van der Waals surface area contributed by atoms with Gasteiger partial charge < -0.3 is 15.3 Å². The molecular weight excluding hydrogens is 276 g/mol. The van der Waals surface area contributed by atoms with Gasteiger partial charge in [0.2, 0.25) is 5.91 Å². The van der Waals surface area contributed by atoms with Crippen molar-refractivity contribution in [1.82, 2.24) is 10.2 Å². The van der Waals surface area contributed by atoms with Crippen molar-refractivity contribution < 1.29 is 14.7 Å². The van der Waals surface area contributed by atoms with Gasteiger partial charge in [-0.25, -0.2) is 0 Å². The molecule has 1 atom stereocenters. The second-order valence-electron chi connectivity index (χ2n) is 5.16. The molecule has 1 unspecified atom stereocenters. The Balaban J connectivity index is 1.82. The number of rotatable bonds is 7. The average Bonchev–Trinajstić information content (AvgIpc) is 3.12. The molecule has 1 aromatic heterocycles. The van der Waals surface area contributed by atoms with Crippen molar-refractivity contribution in [3.8, 4) is 0 Å². The van der Waals surface area contributed by atoms with Gasteiger partial charge >= 0.3 is 0 Å². The summed E-state index contributed by atoms with van der Waals surface area (Å²) in [5.41, 5.74) is 0. The third kappa shape index (κ3) is 4.05. The van der Waals surface area contributed by atoms with Crippen LogP contribution in [0.4, 0.5) is 0 Å². The largest absolute Gasteiger partial charge is 0.396 e. The molecule has 1 saturated carbocycles. The van der Waals surface area contributed by atoms with Gasteiger partial charge in [-0.15, -0.1) is 11.3 Å². The van der Waals surface area contributed by atoms with Crippen LogP contribution in [0.25, 0.3) is 0 Å². The van der Waals surface area contributed by atoms with Gasteiger partial charge in [0.15, 0.2) is 0 Å². The Morgan fingerprint density at radius 3 is 2.85 bits per heavy atom.